The number of nitrogens with zero attached hydrogens (tertiary/aromatic N) is 1. The first kappa shape index (κ1) is 11.4. The molecular weight excluding hydrogens is 242 g/mol. The summed E-state index contributed by atoms with van der Waals surface area (Å²) >= 11 is 0. The van der Waals surface area contributed by atoms with E-state index in [2.05, 4.69) is 18.6 Å². The molecule has 12 heteroatoms. The fourth-order valence-corrected chi connectivity index (χ4v) is 1.80. The Balaban J connectivity index is 4.58. The Labute approximate surface area is 70.9 Å². The van der Waals surface area contributed by atoms with Gasteiger partial charge in [0.2, 0.25) is 0 Å². The van der Waals surface area contributed by atoms with Gasteiger partial charge >= 0.3 is 24.8 Å². The number of hydrogen-bond donors (Lipinski definition) is 0. The normalized spacial score (nSPS) is 12.4. The topological polar surface area (TPSA) is 130 Å². The third kappa shape index (κ3) is 6.09. The highest BCUT2D eigenvalue weighted by atomic mass is 35.7. The average Bonchev–Trinajstić information content (AvgIpc) is 1.48. The second-order valence-corrected chi connectivity index (χ2v) is 4.60. The zero-order valence-corrected chi connectivity index (χ0v) is 7.30. The molecule has 0 aromatic rings. The number of halogens is 1. The molecule has 0 amide bonds. The highest BCUT2D eigenvalue weighted by Gasteiger charge is 2.24. The molecule has 0 aromatic carbocycles. The Morgan fingerprint density at radius 1 is 1.25 bits per heavy atom. The van der Waals surface area contributed by atoms with Crippen LogP contribution in [-0.2, 0) is 27.6 Å². The van der Waals surface area contributed by atoms with Gasteiger partial charge in [0.15, 0.2) is 0 Å². The van der Waals surface area contributed by atoms with Gasteiger partial charge in [0.1, 0.15) is 0 Å². The fourth-order valence-electron chi connectivity index (χ4n) is 0.186. The van der Waals surface area contributed by atoms with Crippen LogP contribution in [0.5, 0.6) is 0 Å². The van der Waals surface area contributed by atoms with Crippen LogP contribution in [-0.4, -0.2) is 21.9 Å². The van der Waals surface area contributed by atoms with Gasteiger partial charge in [-0.1, -0.05) is 0 Å². The fraction of sp³-hybridized carbons (Fsp3) is 0. The van der Waals surface area contributed by atoms with Crippen molar-refractivity contribution in [1.82, 2.24) is 0 Å². The van der Waals surface area contributed by atoms with Crippen LogP contribution >= 0.6 is 10.7 Å². The summed E-state index contributed by atoms with van der Waals surface area (Å²) in [4.78, 5) is 9.39. The Kier molecular flexibility index (Phi) is 3.20. The molecule has 0 N–H and O–H groups in total. The summed E-state index contributed by atoms with van der Waals surface area (Å²) in [5, 5.41) is 7.62. The van der Waals surface area contributed by atoms with E-state index in [0.29, 0.717) is 0 Å². The quantitative estimate of drug-likeness (QED) is 0.346. The van der Waals surface area contributed by atoms with Crippen molar-refractivity contribution in [3.63, 3.8) is 0 Å². The summed E-state index contributed by atoms with van der Waals surface area (Å²) in [5.74, 6) is 0. The van der Waals surface area contributed by atoms with Gasteiger partial charge in [0.05, 0.1) is 10.7 Å². The van der Waals surface area contributed by atoms with Crippen molar-refractivity contribution in [3.8, 4) is 0 Å². The van der Waals surface area contributed by atoms with Gasteiger partial charge < -0.3 is 0 Å². The minimum absolute atomic E-state index is 1.77. The molecule has 0 radical (unpaired) electrons. The van der Waals surface area contributed by atoms with E-state index >= 15 is 0 Å². The van der Waals surface area contributed by atoms with E-state index in [1.54, 1.807) is 0 Å². The summed E-state index contributed by atoms with van der Waals surface area (Å²) in [7, 11) is -5.86. The number of rotatable bonds is 4. The Morgan fingerprint density at radius 3 is 1.92 bits per heavy atom. The molecule has 0 aliphatic rings. The van der Waals surface area contributed by atoms with Crippen molar-refractivity contribution < 1.29 is 29.8 Å². The first-order valence-electron chi connectivity index (χ1n) is 1.87. The van der Waals surface area contributed by atoms with Crippen LogP contribution < -0.4 is 0 Å². The Hall–Kier alpha value is -0.650. The minimum Gasteiger partial charge on any atom is -0.180 e. The van der Waals surface area contributed by atoms with Crippen molar-refractivity contribution in [1.29, 1.82) is 0 Å². The van der Waals surface area contributed by atoms with E-state index in [0.717, 1.165) is 0 Å². The van der Waals surface area contributed by atoms with E-state index in [-0.39, 0.29) is 0 Å². The molecule has 0 heterocycles. The Bertz CT molecular complexity index is 360. The van der Waals surface area contributed by atoms with E-state index in [9.17, 15) is 26.9 Å². The maximum absolute atomic E-state index is 10.1. The van der Waals surface area contributed by atoms with Crippen LogP contribution in [0.1, 0.15) is 0 Å². The second-order valence-electron chi connectivity index (χ2n) is 1.17. The third-order valence-electron chi connectivity index (χ3n) is 0.317. The van der Waals surface area contributed by atoms with E-state index < -0.39 is 24.8 Å². The lowest BCUT2D eigenvalue weighted by Gasteiger charge is -1.95. The van der Waals surface area contributed by atoms with E-state index in [4.69, 9.17) is 0 Å². The van der Waals surface area contributed by atoms with Crippen LogP contribution in [0, 0.1) is 10.1 Å². The van der Waals surface area contributed by atoms with Gasteiger partial charge in [0.25, 0.3) is 0 Å². The monoisotopic (exact) mass is 241 g/mol. The van der Waals surface area contributed by atoms with Crippen LogP contribution in [0.15, 0.2) is 0 Å². The van der Waals surface area contributed by atoms with Crippen molar-refractivity contribution >= 4 is 30.4 Å². The molecule has 0 aliphatic carbocycles. The molecule has 0 rings (SSSR count). The second kappa shape index (κ2) is 3.38. The summed E-state index contributed by atoms with van der Waals surface area (Å²) < 4.78 is 45.8. The predicted octanol–water partition coefficient (Wildman–Crippen LogP) is -1.06. The van der Waals surface area contributed by atoms with Gasteiger partial charge in [0, 0.05) is 0 Å². The predicted molar refractivity (Wildman–Crippen MR) is 32.9 cm³/mol. The Morgan fingerprint density at radius 2 is 1.67 bits per heavy atom. The van der Waals surface area contributed by atoms with Crippen molar-refractivity contribution in [2.75, 3.05) is 0 Å². The van der Waals surface area contributed by atoms with Gasteiger partial charge in [-0.3, -0.25) is 0 Å². The molecule has 0 bridgehead atoms. The number of hydrogen-bond acceptors (Lipinski definition) is 8. The zero-order valence-electron chi connectivity index (χ0n) is 4.91. The average molecular weight is 242 g/mol. The van der Waals surface area contributed by atoms with Crippen LogP contribution in [0.25, 0.3) is 0 Å². The lowest BCUT2D eigenvalue weighted by atomic mass is 13.1. The molecule has 12 heavy (non-hydrogen) atoms. The lowest BCUT2D eigenvalue weighted by Crippen LogP contribution is -2.15. The van der Waals surface area contributed by atoms with Crippen molar-refractivity contribution in [2.45, 2.75) is 0 Å². The SMILES string of the molecule is O=[N+]([O-])OS(=O)(=O)OS(=O)(=O)Cl. The van der Waals surface area contributed by atoms with Crippen LogP contribution in [0.4, 0.5) is 0 Å². The molecule has 72 valence electrons. The highest BCUT2D eigenvalue weighted by molar-refractivity contribution is 8.14. The summed E-state index contributed by atoms with van der Waals surface area (Å²) in [6, 6.07) is 0. The molecule has 0 fully saturated rings. The van der Waals surface area contributed by atoms with Gasteiger partial charge in [-0.15, -0.1) is 13.7 Å². The summed E-state index contributed by atoms with van der Waals surface area (Å²) in [5.41, 5.74) is 0. The first-order valence-corrected chi connectivity index (χ1v) is 5.44. The summed E-state index contributed by atoms with van der Waals surface area (Å²) in [6.07, 6.45) is 0. The lowest BCUT2D eigenvalue weighted by molar-refractivity contribution is -0.712. The molecular formula is ClNO8S2. The maximum Gasteiger partial charge on any atom is 0.447 e. The molecule has 0 saturated heterocycles. The van der Waals surface area contributed by atoms with Crippen LogP contribution in [0.2, 0.25) is 0 Å². The molecule has 0 atom stereocenters. The molecule has 0 spiro atoms. The third-order valence-corrected chi connectivity index (χ3v) is 2.40. The molecule has 0 aliphatic heterocycles. The maximum atomic E-state index is 10.1. The molecule has 0 saturated carbocycles. The van der Waals surface area contributed by atoms with Gasteiger partial charge in [-0.05, 0) is 0 Å². The van der Waals surface area contributed by atoms with E-state index in [1.165, 1.54) is 0 Å². The largest absolute Gasteiger partial charge is 0.447 e. The first-order chi connectivity index (χ1) is 5.12. The van der Waals surface area contributed by atoms with Gasteiger partial charge in [-0.25, -0.2) is 0 Å². The summed E-state index contributed by atoms with van der Waals surface area (Å²) in [6.45, 7) is 0. The van der Waals surface area contributed by atoms with E-state index in [1.807, 2.05) is 0 Å². The van der Waals surface area contributed by atoms with Crippen molar-refractivity contribution in [2.24, 2.45) is 0 Å². The molecule has 0 unspecified atom stereocenters. The van der Waals surface area contributed by atoms with Crippen LogP contribution in [0.3, 0.4) is 0 Å². The smallest absolute Gasteiger partial charge is 0.180 e. The molecule has 0 aromatic heterocycles. The zero-order chi connectivity index (χ0) is 9.99. The van der Waals surface area contributed by atoms with Gasteiger partial charge in [-0.2, -0.15) is 21.1 Å². The highest BCUT2D eigenvalue weighted by Crippen LogP contribution is 2.06. The molecule has 9 nitrogen and oxygen atoms in total. The standard InChI is InChI=1S/ClNO8S2/c1-11(5,6)10-12(7,8)9-2(3)4. The minimum atomic E-state index is -5.26. The van der Waals surface area contributed by atoms with Crippen molar-refractivity contribution in [3.05, 3.63) is 10.1 Å².